The van der Waals surface area contributed by atoms with Gasteiger partial charge in [0.15, 0.2) is 5.82 Å². The Labute approximate surface area is 138 Å². The van der Waals surface area contributed by atoms with Crippen LogP contribution in [0.25, 0.3) is 5.69 Å². The molecule has 0 fully saturated rings. The molecule has 0 bridgehead atoms. The summed E-state index contributed by atoms with van der Waals surface area (Å²) in [4.78, 5) is 12.0. The quantitative estimate of drug-likeness (QED) is 0.824. The number of halogens is 5. The molecule has 0 saturated carbocycles. The number of nitrogens with zero attached hydrogens (tertiary/aromatic N) is 3. The fourth-order valence-corrected chi connectivity index (χ4v) is 2.45. The van der Waals surface area contributed by atoms with Crippen molar-refractivity contribution in [1.82, 2.24) is 14.3 Å². The van der Waals surface area contributed by atoms with E-state index >= 15 is 0 Å². The predicted molar refractivity (Wildman–Crippen MR) is 79.2 cm³/mol. The van der Waals surface area contributed by atoms with Crippen molar-refractivity contribution in [3.8, 4) is 5.69 Å². The van der Waals surface area contributed by atoms with Crippen molar-refractivity contribution in [3.05, 3.63) is 44.8 Å². The van der Waals surface area contributed by atoms with Crippen LogP contribution in [0.5, 0.6) is 0 Å². The minimum absolute atomic E-state index is 0.0448. The molecule has 0 amide bonds. The summed E-state index contributed by atoms with van der Waals surface area (Å²) in [5.41, 5.74) is -1.14. The van der Waals surface area contributed by atoms with Gasteiger partial charge in [-0.3, -0.25) is 0 Å². The molecule has 1 unspecified atom stereocenters. The third-order valence-electron chi connectivity index (χ3n) is 3.16. The lowest BCUT2D eigenvalue weighted by Gasteiger charge is -2.11. The molecule has 1 aromatic carbocycles. The molecule has 2 aromatic rings. The van der Waals surface area contributed by atoms with E-state index in [2.05, 4.69) is 5.10 Å². The summed E-state index contributed by atoms with van der Waals surface area (Å²) in [5.74, 6) is -1.15. The van der Waals surface area contributed by atoms with Crippen molar-refractivity contribution in [3.63, 3.8) is 0 Å². The zero-order valence-corrected chi connectivity index (χ0v) is 13.3. The Kier molecular flexibility index (Phi) is 5.38. The second kappa shape index (κ2) is 6.94. The van der Waals surface area contributed by atoms with Gasteiger partial charge in [0.05, 0.1) is 12.0 Å². The molecule has 10 heteroatoms. The van der Waals surface area contributed by atoms with Crippen LogP contribution in [0.3, 0.4) is 0 Å². The Morgan fingerprint density at radius 1 is 1.39 bits per heavy atom. The van der Waals surface area contributed by atoms with E-state index in [0.717, 1.165) is 6.07 Å². The number of hydrogen-bond donors (Lipinski definition) is 1. The van der Waals surface area contributed by atoms with Gasteiger partial charge in [-0.25, -0.2) is 13.8 Å². The average molecular weight is 370 g/mol. The number of aliphatic hydroxyl groups is 1. The fourth-order valence-electron chi connectivity index (χ4n) is 2.06. The van der Waals surface area contributed by atoms with Gasteiger partial charge in [-0.1, -0.05) is 11.6 Å². The molecule has 0 spiro atoms. The van der Waals surface area contributed by atoms with Gasteiger partial charge in [-0.05, 0) is 31.0 Å². The van der Waals surface area contributed by atoms with E-state index in [1.165, 1.54) is 13.0 Å². The maximum absolute atomic E-state index is 14.1. The van der Waals surface area contributed by atoms with Crippen LogP contribution in [0, 0.1) is 12.7 Å². The van der Waals surface area contributed by atoms with E-state index in [-0.39, 0.29) is 34.1 Å². The lowest BCUT2D eigenvalue weighted by atomic mass is 10.1. The van der Waals surface area contributed by atoms with Crippen LogP contribution in [0.4, 0.5) is 13.2 Å². The molecule has 0 aliphatic carbocycles. The summed E-state index contributed by atoms with van der Waals surface area (Å²) in [6, 6.07) is 2.14. The zero-order valence-electron chi connectivity index (χ0n) is 11.8. The lowest BCUT2D eigenvalue weighted by molar-refractivity contribution is 0.0640. The van der Waals surface area contributed by atoms with Gasteiger partial charge in [0.25, 0.3) is 0 Å². The molecule has 23 heavy (non-hydrogen) atoms. The van der Waals surface area contributed by atoms with Gasteiger partial charge >= 0.3 is 12.2 Å². The summed E-state index contributed by atoms with van der Waals surface area (Å²) in [7, 11) is 0. The largest absolute Gasteiger partial charge is 0.395 e. The first-order chi connectivity index (χ1) is 10.8. The monoisotopic (exact) mass is 369 g/mol. The second-order valence-corrected chi connectivity index (χ2v) is 5.79. The van der Waals surface area contributed by atoms with Crippen molar-refractivity contribution >= 4 is 23.2 Å². The van der Waals surface area contributed by atoms with Crippen LogP contribution >= 0.6 is 23.2 Å². The molecule has 126 valence electrons. The summed E-state index contributed by atoms with van der Waals surface area (Å²) in [6.07, 6.45) is 0.105. The van der Waals surface area contributed by atoms with E-state index in [1.807, 2.05) is 0 Å². The number of aromatic nitrogens is 3. The number of alkyl halides is 3. The highest BCUT2D eigenvalue weighted by Gasteiger charge is 2.21. The van der Waals surface area contributed by atoms with Crippen LogP contribution in [0.2, 0.25) is 5.02 Å². The molecule has 1 heterocycles. The topological polar surface area (TPSA) is 60.0 Å². The van der Waals surface area contributed by atoms with E-state index in [1.54, 1.807) is 0 Å². The van der Waals surface area contributed by atoms with Gasteiger partial charge in [0.1, 0.15) is 11.5 Å². The molecule has 0 aliphatic rings. The van der Waals surface area contributed by atoms with Crippen LogP contribution in [0.1, 0.15) is 17.9 Å². The van der Waals surface area contributed by atoms with Crippen molar-refractivity contribution in [1.29, 1.82) is 0 Å². The highest BCUT2D eigenvalue weighted by atomic mass is 35.5. The standard InChI is InChI=1S/C13H12Cl2F3N3O2/c1-6-19-21(13(23)20(6)12(17)18)11-3-7(2-8(14)5-22)9(15)4-10(11)16/h3-4,8,12,22H,2,5H2,1H3. The van der Waals surface area contributed by atoms with Crippen molar-refractivity contribution in [2.24, 2.45) is 0 Å². The molecule has 1 N–H and O–H groups in total. The van der Waals surface area contributed by atoms with Gasteiger partial charge in [0, 0.05) is 5.02 Å². The Balaban J connectivity index is 2.58. The molecule has 0 radical (unpaired) electrons. The average Bonchev–Trinajstić information content (AvgIpc) is 2.76. The van der Waals surface area contributed by atoms with Crippen LogP contribution in [0.15, 0.2) is 16.9 Å². The normalized spacial score (nSPS) is 12.9. The van der Waals surface area contributed by atoms with Crippen LogP contribution in [-0.4, -0.2) is 31.4 Å². The Morgan fingerprint density at radius 3 is 2.57 bits per heavy atom. The van der Waals surface area contributed by atoms with E-state index in [4.69, 9.17) is 28.3 Å². The number of aryl methyl sites for hydroxylation is 1. The minimum atomic E-state index is -3.09. The first kappa shape index (κ1) is 17.8. The summed E-state index contributed by atoms with van der Waals surface area (Å²) in [5, 5.41) is 12.0. The SMILES string of the molecule is Cc1nn(-c2cc(CC(Cl)CO)c(Cl)cc2F)c(=O)n1C(F)F. The highest BCUT2D eigenvalue weighted by molar-refractivity contribution is 6.31. The molecule has 0 aliphatic heterocycles. The maximum Gasteiger partial charge on any atom is 0.355 e. The molecular weight excluding hydrogens is 358 g/mol. The van der Waals surface area contributed by atoms with Gasteiger partial charge in [0.2, 0.25) is 0 Å². The zero-order chi connectivity index (χ0) is 17.3. The van der Waals surface area contributed by atoms with Crippen LogP contribution in [-0.2, 0) is 6.42 Å². The van der Waals surface area contributed by atoms with Crippen molar-refractivity contribution < 1.29 is 18.3 Å². The fraction of sp³-hybridized carbons (Fsp3) is 0.385. The first-order valence-electron chi connectivity index (χ1n) is 6.45. The Morgan fingerprint density at radius 2 is 2.04 bits per heavy atom. The molecule has 1 aromatic heterocycles. The van der Waals surface area contributed by atoms with Gasteiger partial charge < -0.3 is 5.11 Å². The second-order valence-electron chi connectivity index (χ2n) is 4.77. The third kappa shape index (κ3) is 3.54. The van der Waals surface area contributed by atoms with E-state index < -0.39 is 23.4 Å². The van der Waals surface area contributed by atoms with Crippen molar-refractivity contribution in [2.45, 2.75) is 25.3 Å². The van der Waals surface area contributed by atoms with Gasteiger partial charge in [-0.2, -0.15) is 13.5 Å². The number of rotatable bonds is 5. The number of benzene rings is 1. The molecular formula is C13H12Cl2F3N3O2. The van der Waals surface area contributed by atoms with Crippen LogP contribution < -0.4 is 5.69 Å². The van der Waals surface area contributed by atoms with E-state index in [9.17, 15) is 18.0 Å². The Bertz CT molecular complexity index is 777. The minimum Gasteiger partial charge on any atom is -0.395 e. The highest BCUT2D eigenvalue weighted by Crippen LogP contribution is 2.25. The van der Waals surface area contributed by atoms with Crippen molar-refractivity contribution in [2.75, 3.05) is 6.61 Å². The summed E-state index contributed by atoms with van der Waals surface area (Å²) >= 11 is 11.7. The van der Waals surface area contributed by atoms with E-state index in [0.29, 0.717) is 10.2 Å². The number of aliphatic hydroxyl groups excluding tert-OH is 1. The first-order valence-corrected chi connectivity index (χ1v) is 7.27. The molecule has 2 rings (SSSR count). The molecule has 1 atom stereocenters. The summed E-state index contributed by atoms with van der Waals surface area (Å²) < 4.78 is 40.4. The molecule has 5 nitrogen and oxygen atoms in total. The lowest BCUT2D eigenvalue weighted by Crippen LogP contribution is -2.25. The third-order valence-corrected chi connectivity index (χ3v) is 3.80. The Hall–Kier alpha value is -1.51. The van der Waals surface area contributed by atoms with Gasteiger partial charge in [-0.15, -0.1) is 16.7 Å². The maximum atomic E-state index is 14.1. The molecule has 0 saturated heterocycles. The summed E-state index contributed by atoms with van der Waals surface area (Å²) in [6.45, 7) is -2.21. The number of hydrogen-bond acceptors (Lipinski definition) is 3. The smallest absolute Gasteiger partial charge is 0.355 e. The predicted octanol–water partition coefficient (Wildman–Crippen LogP) is 2.67.